The largest absolute Gasteiger partial charge is 0.462 e. The highest BCUT2D eigenvalue weighted by molar-refractivity contribution is 5.88. The Morgan fingerprint density at radius 3 is 2.32 bits per heavy atom. The van der Waals surface area contributed by atoms with Crippen LogP contribution in [0.2, 0.25) is 0 Å². The van der Waals surface area contributed by atoms with E-state index in [1.165, 1.54) is 44.6 Å². The lowest BCUT2D eigenvalue weighted by Gasteiger charge is -2.17. The van der Waals surface area contributed by atoms with Crippen molar-refractivity contribution in [2.24, 2.45) is 5.73 Å². The molecule has 1 atom stereocenters. The summed E-state index contributed by atoms with van der Waals surface area (Å²) in [5.74, 6) is -1.67. The van der Waals surface area contributed by atoms with Gasteiger partial charge in [-0.1, -0.05) is 45.4 Å². The van der Waals surface area contributed by atoms with Crippen LogP contribution < -0.4 is 21.7 Å². The van der Waals surface area contributed by atoms with Crippen LogP contribution in [-0.2, 0) is 35.1 Å². The molecule has 0 aliphatic rings. The summed E-state index contributed by atoms with van der Waals surface area (Å²) in [5, 5.41) is 7.69. The van der Waals surface area contributed by atoms with Crippen LogP contribution in [0.25, 0.3) is 0 Å². The van der Waals surface area contributed by atoms with Gasteiger partial charge in [0.1, 0.15) is 12.6 Å². The van der Waals surface area contributed by atoms with E-state index in [1.54, 1.807) is 0 Å². The van der Waals surface area contributed by atoms with Crippen molar-refractivity contribution >= 4 is 48.5 Å². The Morgan fingerprint density at radius 2 is 1.66 bits per heavy atom. The number of nitrogens with two attached hydrogens (primary N) is 1. The summed E-state index contributed by atoms with van der Waals surface area (Å²) in [6, 6.07) is -0.973. The molecule has 0 aromatic carbocycles. The second-order valence-electron chi connectivity index (χ2n) is 8.38. The van der Waals surface area contributed by atoms with Crippen molar-refractivity contribution in [1.82, 2.24) is 25.9 Å². The first-order valence-electron chi connectivity index (χ1n) is 12.7. The standard InChI is InChI=1S/C24H42N6O6.2ClH/c1-2-3-4-5-6-7-8-9-21(31)27-10-11-35-12-13-36-24(34)20(14-19-16-26-18-29-19)30-23(33)17-28-22(32)15-25;;/h16,18,20H,2-15,17,25H2,1H3,(H,26,29)(H,27,31)(H,28,32)(H,30,33);2*1H/t20-;;/m0../s1. The molecule has 1 aromatic rings. The topological polar surface area (TPSA) is 178 Å². The summed E-state index contributed by atoms with van der Waals surface area (Å²) < 4.78 is 10.6. The minimum atomic E-state index is -0.973. The molecule has 1 rings (SSSR count). The van der Waals surface area contributed by atoms with Crippen LogP contribution in [0.3, 0.4) is 0 Å². The maximum absolute atomic E-state index is 12.5. The lowest BCUT2D eigenvalue weighted by Crippen LogP contribution is -2.48. The number of esters is 1. The van der Waals surface area contributed by atoms with Crippen LogP contribution in [0.4, 0.5) is 0 Å². The fourth-order valence-electron chi connectivity index (χ4n) is 3.30. The molecule has 0 bridgehead atoms. The van der Waals surface area contributed by atoms with Crippen molar-refractivity contribution in [3.63, 3.8) is 0 Å². The van der Waals surface area contributed by atoms with E-state index in [4.69, 9.17) is 15.2 Å². The Labute approximate surface area is 237 Å². The number of nitrogens with zero attached hydrogens (tertiary/aromatic N) is 1. The highest BCUT2D eigenvalue weighted by Gasteiger charge is 2.23. The maximum atomic E-state index is 12.5. The minimum absolute atomic E-state index is 0. The summed E-state index contributed by atoms with van der Waals surface area (Å²) in [5.41, 5.74) is 5.82. The number of unbranched alkanes of at least 4 members (excludes halogenated alkanes) is 6. The number of aromatic nitrogens is 2. The molecule has 38 heavy (non-hydrogen) atoms. The van der Waals surface area contributed by atoms with Crippen LogP contribution in [0.15, 0.2) is 12.5 Å². The number of hydrogen-bond acceptors (Lipinski definition) is 8. The van der Waals surface area contributed by atoms with E-state index in [2.05, 4.69) is 32.8 Å². The summed E-state index contributed by atoms with van der Waals surface area (Å²) in [4.78, 5) is 54.4. The number of carbonyl (C=O) groups is 4. The highest BCUT2D eigenvalue weighted by Crippen LogP contribution is 2.08. The molecule has 0 spiro atoms. The Kier molecular flexibility index (Phi) is 24.7. The fourth-order valence-corrected chi connectivity index (χ4v) is 3.30. The summed E-state index contributed by atoms with van der Waals surface area (Å²) in [7, 11) is 0. The molecule has 12 nitrogen and oxygen atoms in total. The lowest BCUT2D eigenvalue weighted by atomic mass is 10.1. The second-order valence-corrected chi connectivity index (χ2v) is 8.38. The minimum Gasteiger partial charge on any atom is -0.462 e. The first-order chi connectivity index (χ1) is 17.5. The van der Waals surface area contributed by atoms with Crippen molar-refractivity contribution in [2.75, 3.05) is 39.5 Å². The number of aromatic amines is 1. The average molecular weight is 584 g/mol. The zero-order valence-corrected chi connectivity index (χ0v) is 23.8. The van der Waals surface area contributed by atoms with Gasteiger partial charge in [-0.15, -0.1) is 24.8 Å². The van der Waals surface area contributed by atoms with Crippen molar-refractivity contribution in [1.29, 1.82) is 0 Å². The van der Waals surface area contributed by atoms with E-state index in [9.17, 15) is 19.2 Å². The van der Waals surface area contributed by atoms with E-state index in [0.717, 1.165) is 12.8 Å². The number of carbonyl (C=O) groups excluding carboxylic acids is 4. The Bertz CT molecular complexity index is 770. The Balaban J connectivity index is 0. The molecule has 6 N–H and O–H groups in total. The van der Waals surface area contributed by atoms with Gasteiger partial charge in [-0.3, -0.25) is 14.4 Å². The second kappa shape index (κ2) is 24.9. The van der Waals surface area contributed by atoms with Crippen molar-refractivity contribution in [2.45, 2.75) is 70.8 Å². The zero-order chi connectivity index (χ0) is 26.4. The summed E-state index contributed by atoms with van der Waals surface area (Å²) >= 11 is 0. The Hall–Kier alpha value is -2.41. The van der Waals surface area contributed by atoms with Gasteiger partial charge in [0.15, 0.2) is 0 Å². The quantitative estimate of drug-likeness (QED) is 0.106. The number of ether oxygens (including phenoxy) is 2. The molecule has 1 aromatic heterocycles. The van der Waals surface area contributed by atoms with Crippen LogP contribution >= 0.6 is 24.8 Å². The van der Waals surface area contributed by atoms with E-state index in [1.807, 2.05) is 0 Å². The van der Waals surface area contributed by atoms with Crippen LogP contribution in [0, 0.1) is 0 Å². The van der Waals surface area contributed by atoms with Crippen LogP contribution in [0.5, 0.6) is 0 Å². The summed E-state index contributed by atoms with van der Waals surface area (Å²) in [6.07, 6.45) is 11.8. The maximum Gasteiger partial charge on any atom is 0.329 e. The zero-order valence-electron chi connectivity index (χ0n) is 22.1. The predicted octanol–water partition coefficient (Wildman–Crippen LogP) is 1.17. The molecule has 3 amide bonds. The molecule has 220 valence electrons. The van der Waals surface area contributed by atoms with Gasteiger partial charge >= 0.3 is 5.97 Å². The molecule has 0 fully saturated rings. The van der Waals surface area contributed by atoms with Crippen molar-refractivity contribution in [3.05, 3.63) is 18.2 Å². The number of rotatable bonds is 21. The third-order valence-electron chi connectivity index (χ3n) is 5.28. The van der Waals surface area contributed by atoms with Crippen molar-refractivity contribution in [3.8, 4) is 0 Å². The van der Waals surface area contributed by atoms with Gasteiger partial charge in [0.2, 0.25) is 17.7 Å². The molecule has 0 aliphatic heterocycles. The molecule has 0 saturated heterocycles. The number of amides is 3. The lowest BCUT2D eigenvalue weighted by molar-refractivity contribution is -0.149. The van der Waals surface area contributed by atoms with Crippen molar-refractivity contribution < 1.29 is 28.7 Å². The van der Waals surface area contributed by atoms with Gasteiger partial charge in [-0.05, 0) is 6.42 Å². The molecule has 1 heterocycles. The molecule has 0 radical (unpaired) electrons. The first-order valence-corrected chi connectivity index (χ1v) is 12.7. The average Bonchev–Trinajstić information content (AvgIpc) is 3.38. The fraction of sp³-hybridized carbons (Fsp3) is 0.708. The highest BCUT2D eigenvalue weighted by atomic mass is 35.5. The smallest absolute Gasteiger partial charge is 0.329 e. The van der Waals surface area contributed by atoms with E-state index >= 15 is 0 Å². The molecule has 14 heteroatoms. The van der Waals surface area contributed by atoms with Gasteiger partial charge in [-0.25, -0.2) is 9.78 Å². The molecular weight excluding hydrogens is 539 g/mol. The number of nitrogens with one attached hydrogen (secondary N) is 4. The first kappa shape index (κ1) is 37.7. The number of imidazole rings is 1. The molecule has 0 aliphatic carbocycles. The van der Waals surface area contributed by atoms with Crippen LogP contribution in [-0.4, -0.2) is 79.2 Å². The Morgan fingerprint density at radius 1 is 0.947 bits per heavy atom. The van der Waals surface area contributed by atoms with Gasteiger partial charge in [0.25, 0.3) is 0 Å². The third-order valence-corrected chi connectivity index (χ3v) is 5.28. The SMILES string of the molecule is CCCCCCCCCC(=O)NCCOCCOC(=O)[C@H](Cc1cnc[nH]1)NC(=O)CNC(=O)CN.Cl.Cl. The van der Waals surface area contributed by atoms with E-state index in [-0.39, 0.29) is 63.4 Å². The van der Waals surface area contributed by atoms with Gasteiger partial charge in [-0.2, -0.15) is 0 Å². The monoisotopic (exact) mass is 582 g/mol. The normalized spacial score (nSPS) is 10.9. The summed E-state index contributed by atoms with van der Waals surface area (Å²) in [6.45, 7) is 2.47. The molecule has 0 unspecified atom stereocenters. The van der Waals surface area contributed by atoms with Gasteiger partial charge in [0, 0.05) is 31.3 Å². The predicted molar refractivity (Wildman–Crippen MR) is 148 cm³/mol. The van der Waals surface area contributed by atoms with E-state index in [0.29, 0.717) is 25.3 Å². The molecule has 0 saturated carbocycles. The molecular formula is C24H44Cl2N6O6. The van der Waals surface area contributed by atoms with E-state index < -0.39 is 23.8 Å². The number of halogens is 2. The third kappa shape index (κ3) is 19.7. The van der Waals surface area contributed by atoms with Gasteiger partial charge < -0.3 is 36.1 Å². The van der Waals surface area contributed by atoms with Crippen LogP contribution in [0.1, 0.15) is 64.0 Å². The number of hydrogen-bond donors (Lipinski definition) is 5. The van der Waals surface area contributed by atoms with Gasteiger partial charge in [0.05, 0.1) is 32.6 Å². The number of H-pyrrole nitrogens is 1.